The summed E-state index contributed by atoms with van der Waals surface area (Å²) in [6.07, 6.45) is 12.2. The van der Waals surface area contributed by atoms with Crippen LogP contribution >= 0.6 is 11.6 Å². The van der Waals surface area contributed by atoms with Gasteiger partial charge < -0.3 is 5.32 Å². The lowest BCUT2D eigenvalue weighted by Crippen LogP contribution is -2.43. The van der Waals surface area contributed by atoms with E-state index in [2.05, 4.69) is 10.4 Å². The van der Waals surface area contributed by atoms with Crippen molar-refractivity contribution in [2.45, 2.75) is 69.1 Å². The molecule has 0 spiro atoms. The zero-order chi connectivity index (χ0) is 23.0. The molecule has 1 aromatic heterocycles. The standard InChI is InChI=1S/C25H32ClN3O3S/c26-23-15-20(29-13-1-12-27-29)8-11-22(23)25(30)28-24(14-17-2-3-17)19-6-9-21(10-7-19)33(31,32)16-18-4-5-18/h1,8,11-13,15,17-19,21,24H,2-7,9-10,14,16H2,(H,28,30). The fraction of sp³-hybridized carbons (Fsp3) is 0.600. The molecule has 1 N–H and O–H groups in total. The molecule has 1 unspecified atom stereocenters. The fourth-order valence-electron chi connectivity index (χ4n) is 5.18. The van der Waals surface area contributed by atoms with Crippen LogP contribution < -0.4 is 5.32 Å². The summed E-state index contributed by atoms with van der Waals surface area (Å²) in [6, 6.07) is 7.26. The molecule has 3 saturated carbocycles. The molecule has 1 amide bonds. The van der Waals surface area contributed by atoms with Crippen LogP contribution in [-0.4, -0.2) is 41.2 Å². The molecule has 6 nitrogen and oxygen atoms in total. The predicted molar refractivity (Wildman–Crippen MR) is 129 cm³/mol. The van der Waals surface area contributed by atoms with Crippen molar-refractivity contribution in [3.8, 4) is 5.69 Å². The molecule has 8 heteroatoms. The van der Waals surface area contributed by atoms with Crippen LogP contribution in [0.1, 0.15) is 68.1 Å². The highest BCUT2D eigenvalue weighted by Crippen LogP contribution is 2.40. The van der Waals surface area contributed by atoms with E-state index in [4.69, 9.17) is 11.6 Å². The van der Waals surface area contributed by atoms with Crippen molar-refractivity contribution >= 4 is 27.3 Å². The third kappa shape index (κ3) is 5.62. The van der Waals surface area contributed by atoms with Gasteiger partial charge in [-0.3, -0.25) is 4.79 Å². The van der Waals surface area contributed by atoms with Gasteiger partial charge in [-0.05, 0) is 87.0 Å². The molecule has 0 aliphatic heterocycles. The summed E-state index contributed by atoms with van der Waals surface area (Å²) >= 11 is 6.48. The molecule has 178 valence electrons. The molecule has 0 radical (unpaired) electrons. The van der Waals surface area contributed by atoms with E-state index in [1.165, 1.54) is 12.8 Å². The second-order valence-corrected chi connectivity index (χ2v) is 12.9. The molecule has 5 rings (SSSR count). The number of halogens is 1. The van der Waals surface area contributed by atoms with Crippen LogP contribution in [-0.2, 0) is 9.84 Å². The molecule has 3 aliphatic rings. The smallest absolute Gasteiger partial charge is 0.253 e. The van der Waals surface area contributed by atoms with Crippen LogP contribution in [0.15, 0.2) is 36.7 Å². The largest absolute Gasteiger partial charge is 0.349 e. The van der Waals surface area contributed by atoms with Crippen molar-refractivity contribution in [2.24, 2.45) is 17.8 Å². The topological polar surface area (TPSA) is 81.1 Å². The van der Waals surface area contributed by atoms with Crippen molar-refractivity contribution in [1.82, 2.24) is 15.1 Å². The zero-order valence-corrected chi connectivity index (χ0v) is 20.4. The molecule has 3 fully saturated rings. The molecular formula is C25H32ClN3O3S. The number of carbonyl (C=O) groups excluding carboxylic acids is 1. The number of carbonyl (C=O) groups is 1. The van der Waals surface area contributed by atoms with Crippen molar-refractivity contribution < 1.29 is 13.2 Å². The first kappa shape index (κ1) is 22.9. The minimum absolute atomic E-state index is 0.0685. The van der Waals surface area contributed by atoms with E-state index in [1.54, 1.807) is 23.0 Å². The Balaban J connectivity index is 1.23. The van der Waals surface area contributed by atoms with Gasteiger partial charge in [0.15, 0.2) is 9.84 Å². The quantitative estimate of drug-likeness (QED) is 0.548. The Morgan fingerprint density at radius 2 is 1.82 bits per heavy atom. The van der Waals surface area contributed by atoms with Crippen LogP contribution in [0.25, 0.3) is 5.69 Å². The lowest BCUT2D eigenvalue weighted by atomic mass is 9.81. The first-order valence-corrected chi connectivity index (χ1v) is 14.3. The summed E-state index contributed by atoms with van der Waals surface area (Å²) in [5, 5.41) is 7.68. The third-order valence-electron chi connectivity index (χ3n) is 7.53. The number of nitrogens with zero attached hydrogens (tertiary/aromatic N) is 2. The first-order chi connectivity index (χ1) is 15.9. The van der Waals surface area contributed by atoms with E-state index in [9.17, 15) is 13.2 Å². The van der Waals surface area contributed by atoms with E-state index in [0.717, 1.165) is 50.6 Å². The molecule has 1 atom stereocenters. The Labute approximate surface area is 201 Å². The van der Waals surface area contributed by atoms with Gasteiger partial charge in [-0.25, -0.2) is 13.1 Å². The number of benzene rings is 1. The zero-order valence-electron chi connectivity index (χ0n) is 18.8. The van der Waals surface area contributed by atoms with Gasteiger partial charge in [-0.2, -0.15) is 5.10 Å². The summed E-state index contributed by atoms with van der Waals surface area (Å²) in [5.74, 6) is 1.62. The van der Waals surface area contributed by atoms with Gasteiger partial charge >= 0.3 is 0 Å². The van der Waals surface area contributed by atoms with Crippen LogP contribution in [0.2, 0.25) is 5.02 Å². The molecule has 3 aliphatic carbocycles. The van der Waals surface area contributed by atoms with Crippen molar-refractivity contribution in [1.29, 1.82) is 0 Å². The third-order valence-corrected chi connectivity index (χ3v) is 10.3. The minimum Gasteiger partial charge on any atom is -0.349 e. The van der Waals surface area contributed by atoms with E-state index in [1.807, 2.05) is 18.3 Å². The van der Waals surface area contributed by atoms with Gasteiger partial charge in [0.1, 0.15) is 0 Å². The Morgan fingerprint density at radius 3 is 2.42 bits per heavy atom. The van der Waals surface area contributed by atoms with Gasteiger partial charge in [0.05, 0.1) is 27.3 Å². The molecule has 0 saturated heterocycles. The SMILES string of the molecule is O=C(NC(CC1CC1)C1CCC(S(=O)(=O)CC2CC2)CC1)c1ccc(-n2cccn2)cc1Cl. The maximum absolute atomic E-state index is 13.2. The summed E-state index contributed by atoms with van der Waals surface area (Å²) in [6.45, 7) is 0. The number of hydrogen-bond acceptors (Lipinski definition) is 4. The Bertz CT molecular complexity index is 1090. The summed E-state index contributed by atoms with van der Waals surface area (Å²) < 4.78 is 27.2. The number of amides is 1. The van der Waals surface area contributed by atoms with Gasteiger partial charge in [0.25, 0.3) is 5.91 Å². The van der Waals surface area contributed by atoms with E-state index < -0.39 is 9.84 Å². The predicted octanol–water partition coefficient (Wildman–Crippen LogP) is 4.81. The molecule has 2 aromatic rings. The molecule has 1 heterocycles. The summed E-state index contributed by atoms with van der Waals surface area (Å²) in [5.41, 5.74) is 1.27. The van der Waals surface area contributed by atoms with Gasteiger partial charge in [-0.1, -0.05) is 24.4 Å². The lowest BCUT2D eigenvalue weighted by molar-refractivity contribution is 0.0907. The fourth-order valence-corrected chi connectivity index (χ4v) is 7.69. The van der Waals surface area contributed by atoms with Gasteiger partial charge in [0.2, 0.25) is 0 Å². The van der Waals surface area contributed by atoms with Crippen LogP contribution in [0.4, 0.5) is 0 Å². The number of hydrogen-bond donors (Lipinski definition) is 1. The van der Waals surface area contributed by atoms with Gasteiger partial charge in [-0.15, -0.1) is 0 Å². The Morgan fingerprint density at radius 1 is 1.09 bits per heavy atom. The van der Waals surface area contributed by atoms with Crippen molar-refractivity contribution in [2.75, 3.05) is 5.75 Å². The second kappa shape index (κ2) is 9.41. The Kier molecular flexibility index (Phi) is 6.54. The minimum atomic E-state index is -2.99. The highest BCUT2D eigenvalue weighted by molar-refractivity contribution is 7.92. The number of rotatable bonds is 9. The summed E-state index contributed by atoms with van der Waals surface area (Å²) in [7, 11) is -2.99. The number of sulfone groups is 1. The van der Waals surface area contributed by atoms with Gasteiger partial charge in [0, 0.05) is 18.4 Å². The molecule has 0 bridgehead atoms. The average Bonchev–Trinajstić information content (AvgIpc) is 3.73. The first-order valence-electron chi connectivity index (χ1n) is 12.2. The molecule has 33 heavy (non-hydrogen) atoms. The monoisotopic (exact) mass is 489 g/mol. The Hall–Kier alpha value is -1.86. The van der Waals surface area contributed by atoms with Crippen LogP contribution in [0, 0.1) is 17.8 Å². The average molecular weight is 490 g/mol. The lowest BCUT2D eigenvalue weighted by Gasteiger charge is -2.34. The number of aromatic nitrogens is 2. The van der Waals surface area contributed by atoms with E-state index >= 15 is 0 Å². The normalized spacial score (nSPS) is 24.4. The maximum Gasteiger partial charge on any atom is 0.253 e. The van der Waals surface area contributed by atoms with E-state index in [0.29, 0.717) is 34.1 Å². The maximum atomic E-state index is 13.2. The van der Waals surface area contributed by atoms with E-state index in [-0.39, 0.29) is 17.2 Å². The number of nitrogens with one attached hydrogen (secondary N) is 1. The highest BCUT2D eigenvalue weighted by Gasteiger charge is 2.39. The second-order valence-electron chi connectivity index (χ2n) is 10.2. The molecule has 1 aromatic carbocycles. The highest BCUT2D eigenvalue weighted by atomic mass is 35.5. The van der Waals surface area contributed by atoms with Crippen molar-refractivity contribution in [3.63, 3.8) is 0 Å². The molecular weight excluding hydrogens is 458 g/mol. The van der Waals surface area contributed by atoms with Crippen molar-refractivity contribution in [3.05, 3.63) is 47.2 Å². The van der Waals surface area contributed by atoms with Crippen LogP contribution in [0.5, 0.6) is 0 Å². The van der Waals surface area contributed by atoms with Crippen LogP contribution in [0.3, 0.4) is 0 Å². The summed E-state index contributed by atoms with van der Waals surface area (Å²) in [4.78, 5) is 13.2.